The van der Waals surface area contributed by atoms with E-state index in [1.165, 1.54) is 0 Å². The third-order valence-corrected chi connectivity index (χ3v) is 2.59. The van der Waals surface area contributed by atoms with Gasteiger partial charge >= 0.3 is 5.97 Å². The fourth-order valence-electron chi connectivity index (χ4n) is 1.78. The van der Waals surface area contributed by atoms with Crippen LogP contribution in [0.3, 0.4) is 0 Å². The molecule has 0 unspecified atom stereocenters. The lowest BCUT2D eigenvalue weighted by molar-refractivity contribution is 0.0695. The number of hydrogen-bond acceptors (Lipinski definition) is 3. The number of hydrogen-bond donors (Lipinski definition) is 1. The molecule has 0 saturated carbocycles. The lowest BCUT2D eigenvalue weighted by Crippen LogP contribution is -2.28. The van der Waals surface area contributed by atoms with Crippen LogP contribution in [-0.2, 0) is 0 Å². The Labute approximate surface area is 102 Å². The zero-order chi connectivity index (χ0) is 13.0. The van der Waals surface area contributed by atoms with Crippen LogP contribution >= 0.6 is 0 Å². The third-order valence-electron chi connectivity index (χ3n) is 2.59. The number of pyridine rings is 1. The van der Waals surface area contributed by atoms with Gasteiger partial charge in [0.05, 0.1) is 11.3 Å². The molecular formula is C13H20N2O2. The average molecular weight is 236 g/mol. The first-order chi connectivity index (χ1) is 7.95. The Bertz CT molecular complexity index is 402. The van der Waals surface area contributed by atoms with Gasteiger partial charge in [-0.25, -0.2) is 9.78 Å². The predicted octanol–water partition coefficient (Wildman–Crippen LogP) is 2.57. The van der Waals surface area contributed by atoms with Crippen molar-refractivity contribution >= 4 is 11.8 Å². The van der Waals surface area contributed by atoms with Gasteiger partial charge in [-0.1, -0.05) is 13.8 Å². The van der Waals surface area contributed by atoms with Crippen LogP contribution < -0.4 is 4.90 Å². The maximum atomic E-state index is 10.9. The molecule has 0 saturated heterocycles. The second kappa shape index (κ2) is 5.66. The Hall–Kier alpha value is -1.58. The molecule has 1 heterocycles. The highest BCUT2D eigenvalue weighted by atomic mass is 16.4. The lowest BCUT2D eigenvalue weighted by atomic mass is 10.2. The van der Waals surface area contributed by atoms with E-state index >= 15 is 0 Å². The smallest absolute Gasteiger partial charge is 0.337 e. The monoisotopic (exact) mass is 236 g/mol. The fraction of sp³-hybridized carbons (Fsp3) is 0.538. The Morgan fingerprint density at radius 3 is 2.53 bits per heavy atom. The minimum Gasteiger partial charge on any atom is -0.478 e. The van der Waals surface area contributed by atoms with E-state index in [1.54, 1.807) is 19.1 Å². The van der Waals surface area contributed by atoms with Crippen LogP contribution in [0.1, 0.15) is 36.8 Å². The second-order valence-electron chi connectivity index (χ2n) is 4.54. The van der Waals surface area contributed by atoms with E-state index in [4.69, 9.17) is 5.11 Å². The van der Waals surface area contributed by atoms with Crippen molar-refractivity contribution in [1.29, 1.82) is 0 Å². The Morgan fingerprint density at radius 2 is 2.12 bits per heavy atom. The second-order valence-corrected chi connectivity index (χ2v) is 4.54. The van der Waals surface area contributed by atoms with Gasteiger partial charge in [-0.3, -0.25) is 0 Å². The van der Waals surface area contributed by atoms with Crippen LogP contribution in [0.4, 0.5) is 5.82 Å². The van der Waals surface area contributed by atoms with Crippen molar-refractivity contribution in [2.75, 3.05) is 18.0 Å². The molecule has 0 radical (unpaired) electrons. The lowest BCUT2D eigenvalue weighted by Gasteiger charge is -2.24. The number of carboxylic acid groups (broad SMARTS) is 1. The molecule has 1 aromatic rings. The van der Waals surface area contributed by atoms with Crippen LogP contribution in [0.5, 0.6) is 0 Å². The van der Waals surface area contributed by atoms with Gasteiger partial charge in [0.1, 0.15) is 5.82 Å². The summed E-state index contributed by atoms with van der Waals surface area (Å²) < 4.78 is 0. The molecule has 4 nitrogen and oxygen atoms in total. The number of nitrogens with zero attached hydrogens (tertiary/aromatic N) is 2. The van der Waals surface area contributed by atoms with Gasteiger partial charge < -0.3 is 10.0 Å². The fourth-order valence-corrected chi connectivity index (χ4v) is 1.78. The molecule has 0 aromatic carbocycles. The molecule has 0 amide bonds. The number of aromatic nitrogens is 1. The van der Waals surface area contributed by atoms with Crippen LogP contribution in [0.25, 0.3) is 0 Å². The highest BCUT2D eigenvalue weighted by molar-refractivity contribution is 5.89. The minimum atomic E-state index is -0.923. The highest BCUT2D eigenvalue weighted by Gasteiger charge is 2.12. The summed E-state index contributed by atoms with van der Waals surface area (Å²) in [6.45, 7) is 9.91. The molecule has 1 N–H and O–H groups in total. The van der Waals surface area contributed by atoms with Gasteiger partial charge in [0.2, 0.25) is 0 Å². The third kappa shape index (κ3) is 3.44. The topological polar surface area (TPSA) is 53.4 Å². The van der Waals surface area contributed by atoms with Crippen LogP contribution in [0, 0.1) is 12.8 Å². The molecule has 0 bridgehead atoms. The van der Waals surface area contributed by atoms with Crippen molar-refractivity contribution < 1.29 is 9.90 Å². The van der Waals surface area contributed by atoms with E-state index in [1.807, 2.05) is 0 Å². The van der Waals surface area contributed by atoms with E-state index in [0.717, 1.165) is 18.9 Å². The van der Waals surface area contributed by atoms with Gasteiger partial charge in [-0.05, 0) is 31.9 Å². The first-order valence-corrected chi connectivity index (χ1v) is 5.91. The number of carboxylic acids is 1. The molecule has 1 aromatic heterocycles. The zero-order valence-electron chi connectivity index (χ0n) is 10.9. The summed E-state index contributed by atoms with van der Waals surface area (Å²) in [4.78, 5) is 17.4. The molecule has 17 heavy (non-hydrogen) atoms. The van der Waals surface area contributed by atoms with Gasteiger partial charge in [0, 0.05) is 13.1 Å². The number of aromatic carboxylic acids is 1. The molecule has 0 atom stereocenters. The summed E-state index contributed by atoms with van der Waals surface area (Å²) in [6.07, 6.45) is 0. The van der Waals surface area contributed by atoms with Gasteiger partial charge in [-0.15, -0.1) is 0 Å². The molecule has 0 aliphatic heterocycles. The van der Waals surface area contributed by atoms with E-state index in [0.29, 0.717) is 11.6 Å². The minimum absolute atomic E-state index is 0.273. The first kappa shape index (κ1) is 13.5. The molecule has 0 spiro atoms. The van der Waals surface area contributed by atoms with Crippen molar-refractivity contribution in [2.24, 2.45) is 5.92 Å². The van der Waals surface area contributed by atoms with Crippen molar-refractivity contribution in [3.63, 3.8) is 0 Å². The summed E-state index contributed by atoms with van der Waals surface area (Å²) >= 11 is 0. The molecule has 0 aliphatic rings. The van der Waals surface area contributed by atoms with Crippen LogP contribution in [-0.4, -0.2) is 29.1 Å². The summed E-state index contributed by atoms with van der Waals surface area (Å²) in [6, 6.07) is 3.41. The summed E-state index contributed by atoms with van der Waals surface area (Å²) in [5.74, 6) is 0.480. The van der Waals surface area contributed by atoms with E-state index in [2.05, 4.69) is 30.7 Å². The number of carbonyl (C=O) groups is 1. The Balaban J connectivity index is 2.98. The number of rotatable bonds is 5. The normalized spacial score (nSPS) is 10.6. The maximum Gasteiger partial charge on any atom is 0.337 e. The Kier molecular flexibility index (Phi) is 4.49. The quantitative estimate of drug-likeness (QED) is 0.853. The summed E-state index contributed by atoms with van der Waals surface area (Å²) in [5.41, 5.74) is 0.839. The van der Waals surface area contributed by atoms with Crippen LogP contribution in [0.15, 0.2) is 12.1 Å². The van der Waals surface area contributed by atoms with Crippen LogP contribution in [0.2, 0.25) is 0 Å². The molecule has 1 rings (SSSR count). The molecule has 94 valence electrons. The van der Waals surface area contributed by atoms with Gasteiger partial charge in [-0.2, -0.15) is 0 Å². The standard InChI is InChI=1S/C13H20N2O2/c1-5-15(8-9(2)3)12-7-6-11(13(16)17)10(4)14-12/h6-7,9H,5,8H2,1-4H3,(H,16,17). The van der Waals surface area contributed by atoms with Gasteiger partial charge in [0.25, 0.3) is 0 Å². The number of anilines is 1. The van der Waals surface area contributed by atoms with Gasteiger partial charge in [0.15, 0.2) is 0 Å². The van der Waals surface area contributed by atoms with Crippen molar-refractivity contribution in [3.05, 3.63) is 23.4 Å². The average Bonchev–Trinajstić information content (AvgIpc) is 2.24. The van der Waals surface area contributed by atoms with E-state index in [-0.39, 0.29) is 5.56 Å². The van der Waals surface area contributed by atoms with E-state index in [9.17, 15) is 4.79 Å². The molecule has 4 heteroatoms. The Morgan fingerprint density at radius 1 is 1.47 bits per heavy atom. The largest absolute Gasteiger partial charge is 0.478 e. The maximum absolute atomic E-state index is 10.9. The zero-order valence-corrected chi connectivity index (χ0v) is 10.9. The molecule has 0 aliphatic carbocycles. The number of aryl methyl sites for hydroxylation is 1. The van der Waals surface area contributed by atoms with Crippen molar-refractivity contribution in [1.82, 2.24) is 4.98 Å². The van der Waals surface area contributed by atoms with E-state index < -0.39 is 5.97 Å². The summed E-state index contributed by atoms with van der Waals surface area (Å²) in [7, 11) is 0. The molecule has 0 fully saturated rings. The SMILES string of the molecule is CCN(CC(C)C)c1ccc(C(=O)O)c(C)n1. The first-order valence-electron chi connectivity index (χ1n) is 5.91. The predicted molar refractivity (Wildman–Crippen MR) is 68.7 cm³/mol. The van der Waals surface area contributed by atoms with Crippen molar-refractivity contribution in [3.8, 4) is 0 Å². The molecular weight excluding hydrogens is 216 g/mol. The summed E-state index contributed by atoms with van der Waals surface area (Å²) in [5, 5.41) is 8.94. The highest BCUT2D eigenvalue weighted by Crippen LogP contribution is 2.16. The van der Waals surface area contributed by atoms with Crippen molar-refractivity contribution in [2.45, 2.75) is 27.7 Å².